The number of aromatic nitrogens is 4. The second-order valence-corrected chi connectivity index (χ2v) is 8.66. The molecule has 0 spiro atoms. The quantitative estimate of drug-likeness (QED) is 0.376. The first-order valence-electron chi connectivity index (χ1n) is 11.6. The molecule has 4 aromatic rings. The van der Waals surface area contributed by atoms with Gasteiger partial charge in [0.25, 0.3) is 0 Å². The number of nitrogens with zero attached hydrogens (tertiary/aromatic N) is 4. The topological polar surface area (TPSA) is 96.2 Å². The van der Waals surface area contributed by atoms with Crippen molar-refractivity contribution in [2.24, 2.45) is 0 Å². The molecule has 0 bridgehead atoms. The maximum Gasteiger partial charge on any atom is 0.405 e. The highest BCUT2D eigenvalue weighted by atomic mass is 19.4. The number of nitrogens with one attached hydrogen (secondary N) is 3. The number of imidazole rings is 1. The molecule has 1 aromatic carbocycles. The molecule has 1 aliphatic rings. The molecule has 1 aliphatic heterocycles. The van der Waals surface area contributed by atoms with Gasteiger partial charge in [-0.25, -0.2) is 14.3 Å². The van der Waals surface area contributed by atoms with Gasteiger partial charge < -0.3 is 16.0 Å². The molecule has 5 rings (SSSR count). The summed E-state index contributed by atoms with van der Waals surface area (Å²) in [5.74, 6) is 0.483. The van der Waals surface area contributed by atoms with Crippen molar-refractivity contribution in [3.8, 4) is 22.4 Å². The predicted molar refractivity (Wildman–Crippen MR) is 130 cm³/mol. The Hall–Kier alpha value is -3.99. The third-order valence-electron chi connectivity index (χ3n) is 6.10. The minimum absolute atomic E-state index is 0.346. The molecule has 0 atom stereocenters. The van der Waals surface area contributed by atoms with Crippen molar-refractivity contribution in [3.05, 3.63) is 66.7 Å². The molecular formula is C25H24F3N7O. The minimum Gasteiger partial charge on any atom is -0.329 e. The van der Waals surface area contributed by atoms with Crippen molar-refractivity contribution in [3.63, 3.8) is 0 Å². The van der Waals surface area contributed by atoms with Gasteiger partial charge in [0.15, 0.2) is 5.65 Å². The maximum atomic E-state index is 12.3. The Morgan fingerprint density at radius 1 is 1.00 bits per heavy atom. The summed E-state index contributed by atoms with van der Waals surface area (Å²) in [6, 6.07) is 11.9. The number of rotatable bonds is 5. The van der Waals surface area contributed by atoms with Gasteiger partial charge in [-0.1, -0.05) is 18.2 Å². The van der Waals surface area contributed by atoms with Crippen molar-refractivity contribution in [2.75, 3.05) is 25.0 Å². The van der Waals surface area contributed by atoms with Crippen molar-refractivity contribution < 1.29 is 18.0 Å². The number of amides is 2. The summed E-state index contributed by atoms with van der Waals surface area (Å²) >= 11 is 0. The number of piperidine rings is 1. The van der Waals surface area contributed by atoms with Crippen LogP contribution in [0.1, 0.15) is 24.5 Å². The van der Waals surface area contributed by atoms with Crippen LogP contribution in [-0.2, 0) is 0 Å². The summed E-state index contributed by atoms with van der Waals surface area (Å²) in [6.07, 6.45) is 2.97. The summed E-state index contributed by atoms with van der Waals surface area (Å²) in [7, 11) is 0. The molecule has 11 heteroatoms. The van der Waals surface area contributed by atoms with Gasteiger partial charge in [-0.15, -0.1) is 0 Å². The lowest BCUT2D eigenvalue weighted by atomic mass is 9.93. The van der Waals surface area contributed by atoms with Gasteiger partial charge in [-0.05, 0) is 50.2 Å². The molecular weight excluding hydrogens is 471 g/mol. The number of halogens is 3. The van der Waals surface area contributed by atoms with Crippen LogP contribution in [0.5, 0.6) is 0 Å². The first-order chi connectivity index (χ1) is 17.4. The summed E-state index contributed by atoms with van der Waals surface area (Å²) in [6.45, 7) is 0.622. The van der Waals surface area contributed by atoms with E-state index in [0.717, 1.165) is 42.8 Å². The van der Waals surface area contributed by atoms with E-state index in [2.05, 4.69) is 37.8 Å². The number of fused-ring (bicyclic) bond motifs is 1. The Morgan fingerprint density at radius 2 is 1.83 bits per heavy atom. The van der Waals surface area contributed by atoms with Gasteiger partial charge in [0.05, 0.1) is 18.1 Å². The Labute approximate surface area is 205 Å². The van der Waals surface area contributed by atoms with Crippen molar-refractivity contribution in [2.45, 2.75) is 24.9 Å². The van der Waals surface area contributed by atoms with Crippen LogP contribution >= 0.6 is 0 Å². The van der Waals surface area contributed by atoms with E-state index in [1.165, 1.54) is 0 Å². The van der Waals surface area contributed by atoms with Crippen LogP contribution in [0, 0.1) is 0 Å². The van der Waals surface area contributed by atoms with E-state index in [0.29, 0.717) is 28.5 Å². The molecule has 0 saturated carbocycles. The van der Waals surface area contributed by atoms with Gasteiger partial charge in [-0.2, -0.15) is 18.3 Å². The second kappa shape index (κ2) is 9.94. The maximum absolute atomic E-state index is 12.3. The van der Waals surface area contributed by atoms with E-state index < -0.39 is 18.8 Å². The fourth-order valence-corrected chi connectivity index (χ4v) is 4.28. The van der Waals surface area contributed by atoms with Gasteiger partial charge in [-0.3, -0.25) is 4.98 Å². The van der Waals surface area contributed by atoms with Crippen molar-refractivity contribution in [1.29, 1.82) is 0 Å². The van der Waals surface area contributed by atoms with E-state index in [1.807, 2.05) is 12.3 Å². The normalized spacial score (nSPS) is 14.6. The summed E-state index contributed by atoms with van der Waals surface area (Å²) in [5.41, 5.74) is 5.30. The lowest BCUT2D eigenvalue weighted by molar-refractivity contribution is -0.122. The minimum atomic E-state index is -4.48. The zero-order chi connectivity index (χ0) is 25.1. The smallest absolute Gasteiger partial charge is 0.329 e. The largest absolute Gasteiger partial charge is 0.405 e. The molecule has 36 heavy (non-hydrogen) atoms. The van der Waals surface area contributed by atoms with Gasteiger partial charge in [0.1, 0.15) is 6.54 Å². The SMILES string of the molecule is O=C(NCC(F)(F)F)Nc1cccc(-c2cnc3cc(-c4ccc(C5CCNCC5)nc4)cnn23)c1. The Balaban J connectivity index is 1.33. The number of carbonyl (C=O) groups excluding carboxylic acids is 1. The van der Waals surface area contributed by atoms with Gasteiger partial charge in [0, 0.05) is 40.2 Å². The van der Waals surface area contributed by atoms with Crippen LogP contribution in [0.4, 0.5) is 23.7 Å². The van der Waals surface area contributed by atoms with E-state index in [9.17, 15) is 18.0 Å². The number of hydrogen-bond donors (Lipinski definition) is 3. The molecule has 0 aliphatic carbocycles. The first-order valence-corrected chi connectivity index (χ1v) is 11.6. The zero-order valence-electron chi connectivity index (χ0n) is 19.2. The van der Waals surface area contributed by atoms with Crippen molar-refractivity contribution >= 4 is 17.4 Å². The second-order valence-electron chi connectivity index (χ2n) is 8.66. The number of alkyl halides is 3. The van der Waals surface area contributed by atoms with Crippen molar-refractivity contribution in [1.82, 2.24) is 30.2 Å². The predicted octanol–water partition coefficient (Wildman–Crippen LogP) is 4.61. The van der Waals surface area contributed by atoms with E-state index in [1.54, 1.807) is 46.5 Å². The lowest BCUT2D eigenvalue weighted by Crippen LogP contribution is -2.36. The molecule has 3 aromatic heterocycles. The number of hydrogen-bond acceptors (Lipinski definition) is 5. The number of pyridine rings is 1. The monoisotopic (exact) mass is 495 g/mol. The van der Waals surface area contributed by atoms with Gasteiger partial charge in [0.2, 0.25) is 0 Å². The zero-order valence-corrected chi connectivity index (χ0v) is 19.2. The van der Waals surface area contributed by atoms with E-state index in [-0.39, 0.29) is 0 Å². The van der Waals surface area contributed by atoms with Crippen LogP contribution in [0.25, 0.3) is 28.0 Å². The Bertz CT molecular complexity index is 1360. The van der Waals surface area contributed by atoms with E-state index in [4.69, 9.17) is 0 Å². The van der Waals surface area contributed by atoms with Crippen LogP contribution in [0.3, 0.4) is 0 Å². The number of carbonyl (C=O) groups is 1. The molecule has 0 radical (unpaired) electrons. The number of benzene rings is 1. The highest BCUT2D eigenvalue weighted by Crippen LogP contribution is 2.28. The standard InChI is InChI=1S/C25H24F3N7O/c26-25(27,28)15-32-24(36)34-20-3-1-2-17(10-20)22-14-31-23-11-19(13-33-35(22)23)18-4-5-21(30-12-18)16-6-8-29-9-7-16/h1-5,10-14,16,29H,6-9,15H2,(H2,32,34,36). The summed E-state index contributed by atoms with van der Waals surface area (Å²) < 4.78 is 38.6. The fraction of sp³-hybridized carbons (Fsp3) is 0.280. The number of anilines is 1. The highest BCUT2D eigenvalue weighted by molar-refractivity contribution is 5.90. The summed E-state index contributed by atoms with van der Waals surface area (Å²) in [5, 5.41) is 12.1. The lowest BCUT2D eigenvalue weighted by Gasteiger charge is -2.22. The molecule has 3 N–H and O–H groups in total. The molecule has 1 fully saturated rings. The Morgan fingerprint density at radius 3 is 2.58 bits per heavy atom. The molecule has 1 saturated heterocycles. The average Bonchev–Trinajstić information content (AvgIpc) is 3.31. The first kappa shape index (κ1) is 23.7. The van der Waals surface area contributed by atoms with Crippen LogP contribution in [0.15, 0.2) is 61.1 Å². The van der Waals surface area contributed by atoms with Gasteiger partial charge >= 0.3 is 12.2 Å². The number of urea groups is 1. The molecule has 4 heterocycles. The van der Waals surface area contributed by atoms with Crippen LogP contribution in [0.2, 0.25) is 0 Å². The Kier molecular flexibility index (Phi) is 6.55. The molecule has 8 nitrogen and oxygen atoms in total. The van der Waals surface area contributed by atoms with Crippen LogP contribution in [-0.4, -0.2) is 51.4 Å². The van der Waals surface area contributed by atoms with Crippen LogP contribution < -0.4 is 16.0 Å². The third-order valence-corrected chi connectivity index (χ3v) is 6.10. The fourth-order valence-electron chi connectivity index (χ4n) is 4.28. The average molecular weight is 496 g/mol. The molecule has 0 unspecified atom stereocenters. The van der Waals surface area contributed by atoms with E-state index >= 15 is 0 Å². The molecule has 2 amide bonds. The third kappa shape index (κ3) is 5.46. The highest BCUT2D eigenvalue weighted by Gasteiger charge is 2.27. The molecule has 186 valence electrons. The summed E-state index contributed by atoms with van der Waals surface area (Å²) in [4.78, 5) is 20.9.